The van der Waals surface area contributed by atoms with Crippen molar-refractivity contribution in [2.45, 2.75) is 19.3 Å². The highest BCUT2D eigenvalue weighted by Crippen LogP contribution is 2.31. The molecule has 0 aliphatic carbocycles. The van der Waals surface area contributed by atoms with Gasteiger partial charge in [-0.2, -0.15) is 0 Å². The fraction of sp³-hybridized carbons (Fsp3) is 0.421. The van der Waals surface area contributed by atoms with E-state index in [0.717, 1.165) is 5.56 Å². The van der Waals surface area contributed by atoms with Gasteiger partial charge in [0.05, 0.1) is 18.7 Å². The van der Waals surface area contributed by atoms with Gasteiger partial charge < -0.3 is 19.2 Å². The summed E-state index contributed by atoms with van der Waals surface area (Å²) in [5, 5.41) is 10.2. The van der Waals surface area contributed by atoms with Crippen LogP contribution in [0.1, 0.15) is 18.5 Å². The zero-order valence-corrected chi connectivity index (χ0v) is 15.7. The SMILES string of the molecule is COCC1(C(=O)O)CCCN(C(=O)Cc2coc(-c3ccc(Cl)cc3)n2)C1. The zero-order chi connectivity index (χ0) is 19.4. The number of amides is 1. The van der Waals surface area contributed by atoms with Crippen molar-refractivity contribution in [1.82, 2.24) is 9.88 Å². The van der Waals surface area contributed by atoms with E-state index in [1.165, 1.54) is 13.4 Å². The van der Waals surface area contributed by atoms with Crippen LogP contribution in [-0.2, 0) is 20.7 Å². The topological polar surface area (TPSA) is 92.9 Å². The van der Waals surface area contributed by atoms with Gasteiger partial charge in [-0.15, -0.1) is 0 Å². The molecule has 1 aromatic carbocycles. The molecule has 1 aliphatic heterocycles. The maximum absolute atomic E-state index is 12.7. The molecule has 7 nitrogen and oxygen atoms in total. The van der Waals surface area contributed by atoms with Crippen LogP contribution >= 0.6 is 11.6 Å². The minimum Gasteiger partial charge on any atom is -0.481 e. The number of methoxy groups -OCH3 is 1. The molecule has 1 unspecified atom stereocenters. The largest absolute Gasteiger partial charge is 0.481 e. The predicted octanol–water partition coefficient (Wildman–Crippen LogP) is 2.88. The van der Waals surface area contributed by atoms with Crippen molar-refractivity contribution >= 4 is 23.5 Å². The number of nitrogens with zero attached hydrogens (tertiary/aromatic N) is 2. The Morgan fingerprint density at radius 3 is 2.78 bits per heavy atom. The highest BCUT2D eigenvalue weighted by Gasteiger charge is 2.43. The fourth-order valence-corrected chi connectivity index (χ4v) is 3.48. The van der Waals surface area contributed by atoms with Crippen molar-refractivity contribution in [3.63, 3.8) is 0 Å². The average molecular weight is 393 g/mol. The van der Waals surface area contributed by atoms with E-state index in [-0.39, 0.29) is 25.5 Å². The summed E-state index contributed by atoms with van der Waals surface area (Å²) >= 11 is 5.87. The Balaban J connectivity index is 1.68. The van der Waals surface area contributed by atoms with Crippen LogP contribution in [0.3, 0.4) is 0 Å². The molecule has 3 rings (SSSR count). The van der Waals surface area contributed by atoms with Gasteiger partial charge in [-0.05, 0) is 37.1 Å². The summed E-state index contributed by atoms with van der Waals surface area (Å²) in [5.41, 5.74) is 0.213. The Hall–Kier alpha value is -2.38. The number of ether oxygens (including phenoxy) is 1. The minimum absolute atomic E-state index is 0.0553. The molecule has 0 saturated carbocycles. The second kappa shape index (κ2) is 8.10. The molecule has 1 atom stereocenters. The van der Waals surface area contributed by atoms with E-state index in [2.05, 4.69) is 4.98 Å². The normalized spacial score (nSPS) is 19.9. The number of carboxylic acids is 1. The van der Waals surface area contributed by atoms with Crippen molar-refractivity contribution in [2.24, 2.45) is 5.41 Å². The molecule has 1 saturated heterocycles. The number of rotatable bonds is 6. The lowest BCUT2D eigenvalue weighted by atomic mass is 9.80. The van der Waals surface area contributed by atoms with Gasteiger partial charge in [-0.25, -0.2) is 4.98 Å². The second-order valence-electron chi connectivity index (χ2n) is 6.77. The van der Waals surface area contributed by atoms with Crippen LogP contribution in [0, 0.1) is 5.41 Å². The van der Waals surface area contributed by atoms with Crippen LogP contribution in [0.2, 0.25) is 5.02 Å². The summed E-state index contributed by atoms with van der Waals surface area (Å²) in [4.78, 5) is 30.3. The number of aromatic nitrogens is 1. The monoisotopic (exact) mass is 392 g/mol. The number of carbonyl (C=O) groups excluding carboxylic acids is 1. The number of piperidine rings is 1. The summed E-state index contributed by atoms with van der Waals surface area (Å²) in [6, 6.07) is 7.05. The molecule has 27 heavy (non-hydrogen) atoms. The van der Waals surface area contributed by atoms with E-state index in [4.69, 9.17) is 20.8 Å². The molecule has 0 spiro atoms. The van der Waals surface area contributed by atoms with E-state index < -0.39 is 11.4 Å². The van der Waals surface area contributed by atoms with Crippen LogP contribution in [0.4, 0.5) is 0 Å². The number of halogens is 1. The van der Waals surface area contributed by atoms with Gasteiger partial charge in [0.1, 0.15) is 11.7 Å². The molecule has 2 aromatic rings. The molecule has 1 fully saturated rings. The van der Waals surface area contributed by atoms with Crippen LogP contribution in [0.5, 0.6) is 0 Å². The molecular weight excluding hydrogens is 372 g/mol. The Morgan fingerprint density at radius 1 is 1.37 bits per heavy atom. The number of carboxylic acid groups (broad SMARTS) is 1. The molecule has 8 heteroatoms. The van der Waals surface area contributed by atoms with E-state index in [1.807, 2.05) is 0 Å². The Morgan fingerprint density at radius 2 is 2.11 bits per heavy atom. The lowest BCUT2D eigenvalue weighted by Crippen LogP contribution is -2.52. The maximum atomic E-state index is 12.7. The lowest BCUT2D eigenvalue weighted by Gasteiger charge is -2.39. The van der Waals surface area contributed by atoms with E-state index in [0.29, 0.717) is 36.0 Å². The molecule has 1 aliphatic rings. The molecule has 0 bridgehead atoms. The van der Waals surface area contributed by atoms with Gasteiger partial charge in [-0.3, -0.25) is 9.59 Å². The zero-order valence-electron chi connectivity index (χ0n) is 15.0. The first-order valence-corrected chi connectivity index (χ1v) is 9.02. The first kappa shape index (κ1) is 19.4. The van der Waals surface area contributed by atoms with Gasteiger partial charge in [0.2, 0.25) is 11.8 Å². The van der Waals surface area contributed by atoms with Gasteiger partial charge in [0.25, 0.3) is 0 Å². The summed E-state index contributed by atoms with van der Waals surface area (Å²) in [6.45, 7) is 0.743. The quantitative estimate of drug-likeness (QED) is 0.812. The molecule has 0 radical (unpaired) electrons. The Bertz CT molecular complexity index is 816. The van der Waals surface area contributed by atoms with Crippen LogP contribution in [0.15, 0.2) is 34.9 Å². The second-order valence-corrected chi connectivity index (χ2v) is 7.20. The molecule has 1 amide bonds. The molecule has 1 aromatic heterocycles. The van der Waals surface area contributed by atoms with Gasteiger partial charge in [-0.1, -0.05) is 11.6 Å². The highest BCUT2D eigenvalue weighted by molar-refractivity contribution is 6.30. The average Bonchev–Trinajstić information content (AvgIpc) is 3.11. The number of benzene rings is 1. The van der Waals surface area contributed by atoms with Crippen molar-refractivity contribution in [1.29, 1.82) is 0 Å². The van der Waals surface area contributed by atoms with E-state index in [1.54, 1.807) is 29.2 Å². The lowest BCUT2D eigenvalue weighted by molar-refractivity contribution is -0.159. The smallest absolute Gasteiger partial charge is 0.313 e. The number of oxazole rings is 1. The van der Waals surface area contributed by atoms with Crippen LogP contribution in [0.25, 0.3) is 11.5 Å². The predicted molar refractivity (Wildman–Crippen MR) is 98.4 cm³/mol. The minimum atomic E-state index is -1.05. The number of hydrogen-bond acceptors (Lipinski definition) is 5. The first-order valence-electron chi connectivity index (χ1n) is 8.64. The number of hydrogen-bond donors (Lipinski definition) is 1. The van der Waals surface area contributed by atoms with Gasteiger partial charge in [0.15, 0.2) is 0 Å². The molecule has 144 valence electrons. The fourth-order valence-electron chi connectivity index (χ4n) is 3.36. The molecule has 2 heterocycles. The van der Waals surface area contributed by atoms with Crippen molar-refractivity contribution in [3.8, 4) is 11.5 Å². The van der Waals surface area contributed by atoms with Crippen molar-refractivity contribution < 1.29 is 23.8 Å². The number of aliphatic carboxylic acids is 1. The Kier molecular flexibility index (Phi) is 5.82. The third-order valence-electron chi connectivity index (χ3n) is 4.78. The third-order valence-corrected chi connectivity index (χ3v) is 5.03. The van der Waals surface area contributed by atoms with Crippen LogP contribution < -0.4 is 0 Å². The van der Waals surface area contributed by atoms with Crippen molar-refractivity contribution in [3.05, 3.63) is 41.2 Å². The Labute approximate surface area is 161 Å². The van der Waals surface area contributed by atoms with Gasteiger partial charge >= 0.3 is 5.97 Å². The summed E-state index contributed by atoms with van der Waals surface area (Å²) in [7, 11) is 1.47. The number of carbonyl (C=O) groups is 2. The van der Waals surface area contributed by atoms with E-state index >= 15 is 0 Å². The molecular formula is C19H21ClN2O5. The number of likely N-dealkylation sites (tertiary alicyclic amines) is 1. The summed E-state index contributed by atoms with van der Waals surface area (Å²) < 4.78 is 10.6. The van der Waals surface area contributed by atoms with E-state index in [9.17, 15) is 14.7 Å². The van der Waals surface area contributed by atoms with Gasteiger partial charge in [0, 0.05) is 30.8 Å². The summed E-state index contributed by atoms with van der Waals surface area (Å²) in [5.74, 6) is -0.701. The standard InChI is InChI=1S/C19H21ClN2O5/c1-26-12-19(18(24)25)7-2-8-22(11-19)16(23)9-15-10-27-17(21-15)13-3-5-14(20)6-4-13/h3-6,10H,2,7-9,11-12H2,1H3,(H,24,25). The highest BCUT2D eigenvalue weighted by atomic mass is 35.5. The maximum Gasteiger partial charge on any atom is 0.313 e. The summed E-state index contributed by atoms with van der Waals surface area (Å²) in [6.07, 6.45) is 2.62. The third kappa shape index (κ3) is 4.31. The first-order chi connectivity index (χ1) is 12.9. The van der Waals surface area contributed by atoms with Crippen molar-refractivity contribution in [2.75, 3.05) is 26.8 Å². The van der Waals surface area contributed by atoms with Crippen LogP contribution in [-0.4, -0.2) is 53.7 Å². The molecule has 1 N–H and O–H groups in total.